The Balaban J connectivity index is 0.00000180. The van der Waals surface area contributed by atoms with Gasteiger partial charge in [0.15, 0.2) is 0 Å². The molecule has 2 aliphatic heterocycles. The molecular formula is C12H22ClN3O2S. The molecule has 0 aromatic carbocycles. The third kappa shape index (κ3) is 4.54. The van der Waals surface area contributed by atoms with E-state index in [-0.39, 0.29) is 29.6 Å². The maximum absolute atomic E-state index is 12.2. The van der Waals surface area contributed by atoms with Crippen molar-refractivity contribution >= 4 is 35.3 Å². The number of amides is 2. The Kier molecular flexibility index (Phi) is 6.96. The molecule has 19 heavy (non-hydrogen) atoms. The lowest BCUT2D eigenvalue weighted by Crippen LogP contribution is -2.48. The fourth-order valence-electron chi connectivity index (χ4n) is 2.53. The molecule has 110 valence electrons. The fraction of sp³-hybridized carbons (Fsp3) is 0.833. The lowest BCUT2D eigenvalue weighted by atomic mass is 9.93. The minimum atomic E-state index is -0.295. The van der Waals surface area contributed by atoms with Crippen LogP contribution in [0.3, 0.4) is 0 Å². The normalized spacial score (nSPS) is 23.9. The molecule has 0 aromatic heterocycles. The van der Waals surface area contributed by atoms with Gasteiger partial charge >= 0.3 is 0 Å². The molecular weight excluding hydrogens is 286 g/mol. The number of nitrogens with zero attached hydrogens (tertiary/aromatic N) is 1. The Morgan fingerprint density at radius 2 is 2.16 bits per heavy atom. The average molecular weight is 308 g/mol. The maximum atomic E-state index is 12.2. The largest absolute Gasteiger partial charge is 0.341 e. The van der Waals surface area contributed by atoms with Crippen LogP contribution in [-0.4, -0.2) is 54.5 Å². The van der Waals surface area contributed by atoms with E-state index in [9.17, 15) is 9.59 Å². The molecule has 0 aromatic rings. The molecule has 2 saturated heterocycles. The molecule has 2 amide bonds. The lowest BCUT2D eigenvalue weighted by molar-refractivity contribution is -0.133. The SMILES string of the molecule is CNCCC1CCN(C(=O)[C@@H]2CSC(=O)N2)CC1.Cl. The van der Waals surface area contributed by atoms with Crippen LogP contribution in [0.2, 0.25) is 0 Å². The monoisotopic (exact) mass is 307 g/mol. The van der Waals surface area contributed by atoms with Crippen LogP contribution in [0.4, 0.5) is 4.79 Å². The molecule has 0 radical (unpaired) electrons. The molecule has 0 saturated carbocycles. The van der Waals surface area contributed by atoms with Crippen LogP contribution in [0.25, 0.3) is 0 Å². The molecule has 5 nitrogen and oxygen atoms in total. The van der Waals surface area contributed by atoms with Gasteiger partial charge in [-0.05, 0) is 38.8 Å². The van der Waals surface area contributed by atoms with Crippen LogP contribution in [-0.2, 0) is 4.79 Å². The van der Waals surface area contributed by atoms with Crippen molar-refractivity contribution in [3.8, 4) is 0 Å². The molecule has 1 atom stereocenters. The summed E-state index contributed by atoms with van der Waals surface area (Å²) in [6.45, 7) is 2.72. The molecule has 0 bridgehead atoms. The summed E-state index contributed by atoms with van der Waals surface area (Å²) in [4.78, 5) is 25.1. The number of nitrogens with one attached hydrogen (secondary N) is 2. The highest BCUT2D eigenvalue weighted by Crippen LogP contribution is 2.22. The van der Waals surface area contributed by atoms with E-state index >= 15 is 0 Å². The molecule has 0 spiro atoms. The van der Waals surface area contributed by atoms with Gasteiger partial charge in [-0.3, -0.25) is 9.59 Å². The number of halogens is 1. The summed E-state index contributed by atoms with van der Waals surface area (Å²) < 4.78 is 0. The first-order valence-electron chi connectivity index (χ1n) is 6.57. The zero-order valence-corrected chi connectivity index (χ0v) is 12.8. The third-order valence-corrected chi connectivity index (χ3v) is 4.58. The zero-order chi connectivity index (χ0) is 13.0. The van der Waals surface area contributed by atoms with Gasteiger partial charge in [0.05, 0.1) is 0 Å². The fourth-order valence-corrected chi connectivity index (χ4v) is 3.30. The highest BCUT2D eigenvalue weighted by Gasteiger charge is 2.32. The van der Waals surface area contributed by atoms with Gasteiger partial charge < -0.3 is 15.5 Å². The van der Waals surface area contributed by atoms with Crippen molar-refractivity contribution in [3.05, 3.63) is 0 Å². The number of piperidine rings is 1. The summed E-state index contributed by atoms with van der Waals surface area (Å²) in [5.41, 5.74) is 0. The van der Waals surface area contributed by atoms with Crippen molar-refractivity contribution in [2.24, 2.45) is 5.92 Å². The minimum Gasteiger partial charge on any atom is -0.341 e. The van der Waals surface area contributed by atoms with Gasteiger partial charge in [0.2, 0.25) is 5.91 Å². The van der Waals surface area contributed by atoms with Gasteiger partial charge in [0.1, 0.15) is 6.04 Å². The molecule has 2 aliphatic rings. The number of rotatable bonds is 4. The molecule has 0 unspecified atom stereocenters. The van der Waals surface area contributed by atoms with Crippen molar-refractivity contribution in [2.45, 2.75) is 25.3 Å². The van der Waals surface area contributed by atoms with Crippen LogP contribution >= 0.6 is 24.2 Å². The van der Waals surface area contributed by atoms with Gasteiger partial charge in [-0.15, -0.1) is 12.4 Å². The third-order valence-electron chi connectivity index (χ3n) is 3.70. The first-order chi connectivity index (χ1) is 8.70. The smallest absolute Gasteiger partial charge is 0.279 e. The number of hydrogen-bond donors (Lipinski definition) is 2. The molecule has 2 rings (SSSR count). The van der Waals surface area contributed by atoms with Gasteiger partial charge in [-0.25, -0.2) is 0 Å². The topological polar surface area (TPSA) is 61.4 Å². The van der Waals surface area contributed by atoms with Crippen molar-refractivity contribution < 1.29 is 9.59 Å². The van der Waals surface area contributed by atoms with Crippen LogP contribution in [0, 0.1) is 5.92 Å². The second-order valence-electron chi connectivity index (χ2n) is 4.96. The first-order valence-corrected chi connectivity index (χ1v) is 7.56. The van der Waals surface area contributed by atoms with Crippen molar-refractivity contribution in [2.75, 3.05) is 32.4 Å². The minimum absolute atomic E-state index is 0. The van der Waals surface area contributed by atoms with Gasteiger partial charge in [-0.2, -0.15) is 0 Å². The van der Waals surface area contributed by atoms with Crippen LogP contribution in [0.1, 0.15) is 19.3 Å². The Morgan fingerprint density at radius 3 is 2.68 bits per heavy atom. The van der Waals surface area contributed by atoms with E-state index in [1.165, 1.54) is 18.2 Å². The number of hydrogen-bond acceptors (Lipinski definition) is 4. The van der Waals surface area contributed by atoms with Gasteiger partial charge in [0.25, 0.3) is 5.24 Å². The van der Waals surface area contributed by atoms with Gasteiger partial charge in [-0.1, -0.05) is 11.8 Å². The quantitative estimate of drug-likeness (QED) is 0.816. The molecule has 7 heteroatoms. The maximum Gasteiger partial charge on any atom is 0.279 e. The summed E-state index contributed by atoms with van der Waals surface area (Å²) >= 11 is 1.20. The highest BCUT2D eigenvalue weighted by molar-refractivity contribution is 8.14. The van der Waals surface area contributed by atoms with E-state index < -0.39 is 0 Å². The zero-order valence-electron chi connectivity index (χ0n) is 11.2. The molecule has 2 fully saturated rings. The second kappa shape index (κ2) is 7.97. The summed E-state index contributed by atoms with van der Waals surface area (Å²) in [7, 11) is 1.97. The standard InChI is InChI=1S/C12H21N3O2S.ClH/c1-13-5-2-9-3-6-15(7-4-9)11(16)10-8-18-12(17)14-10;/h9-10,13H,2-8H2,1H3,(H,14,17);1H/t10-;/m0./s1. The molecule has 2 heterocycles. The van der Waals surface area contributed by atoms with E-state index in [0.717, 1.165) is 38.4 Å². The lowest BCUT2D eigenvalue weighted by Gasteiger charge is -2.33. The highest BCUT2D eigenvalue weighted by atomic mass is 35.5. The molecule has 0 aliphatic carbocycles. The number of thioether (sulfide) groups is 1. The Labute approximate surface area is 124 Å². The van der Waals surface area contributed by atoms with Gasteiger partial charge in [0, 0.05) is 18.8 Å². The summed E-state index contributed by atoms with van der Waals surface area (Å²) in [5.74, 6) is 1.41. The van der Waals surface area contributed by atoms with Crippen LogP contribution in [0.15, 0.2) is 0 Å². The van der Waals surface area contributed by atoms with E-state index in [1.807, 2.05) is 11.9 Å². The van der Waals surface area contributed by atoms with Crippen LogP contribution in [0.5, 0.6) is 0 Å². The van der Waals surface area contributed by atoms with Crippen molar-refractivity contribution in [1.82, 2.24) is 15.5 Å². The van der Waals surface area contributed by atoms with E-state index in [1.54, 1.807) is 0 Å². The molecule has 2 N–H and O–H groups in total. The Bertz CT molecular complexity index is 322. The number of carbonyl (C=O) groups excluding carboxylic acids is 2. The summed E-state index contributed by atoms with van der Waals surface area (Å²) in [6.07, 6.45) is 3.36. The van der Waals surface area contributed by atoms with Crippen molar-refractivity contribution in [1.29, 1.82) is 0 Å². The van der Waals surface area contributed by atoms with E-state index in [2.05, 4.69) is 10.6 Å². The van der Waals surface area contributed by atoms with E-state index in [4.69, 9.17) is 0 Å². The van der Waals surface area contributed by atoms with E-state index in [0.29, 0.717) is 5.75 Å². The van der Waals surface area contributed by atoms with Crippen molar-refractivity contribution in [3.63, 3.8) is 0 Å². The number of carbonyl (C=O) groups is 2. The average Bonchev–Trinajstić information content (AvgIpc) is 2.83. The Hall–Kier alpha value is -0.460. The second-order valence-corrected chi connectivity index (χ2v) is 5.95. The Morgan fingerprint density at radius 1 is 1.47 bits per heavy atom. The van der Waals surface area contributed by atoms with Crippen LogP contribution < -0.4 is 10.6 Å². The predicted molar refractivity (Wildman–Crippen MR) is 79.9 cm³/mol. The summed E-state index contributed by atoms with van der Waals surface area (Å²) in [5, 5.41) is 5.82. The predicted octanol–water partition coefficient (Wildman–Crippen LogP) is 1.08. The summed E-state index contributed by atoms with van der Waals surface area (Å²) in [6, 6.07) is -0.295. The number of likely N-dealkylation sites (tertiary alicyclic amines) is 1. The first kappa shape index (κ1) is 16.6.